The van der Waals surface area contributed by atoms with Gasteiger partial charge >= 0.3 is 0 Å². The molecular formula is C51H34N4. The highest BCUT2D eigenvalue weighted by atomic mass is 15.1. The van der Waals surface area contributed by atoms with Crippen LogP contribution in [0.1, 0.15) is 6.85 Å². The highest BCUT2D eigenvalue weighted by molar-refractivity contribution is 6.09. The van der Waals surface area contributed by atoms with Crippen LogP contribution in [-0.2, 0) is 0 Å². The second kappa shape index (κ2) is 13.8. The molecule has 0 fully saturated rings. The fraction of sp³-hybridized carbons (Fsp3) is 0. The van der Waals surface area contributed by atoms with E-state index in [0.717, 1.165) is 55.2 Å². The van der Waals surface area contributed by atoms with Crippen molar-refractivity contribution in [2.24, 2.45) is 0 Å². The summed E-state index contributed by atoms with van der Waals surface area (Å²) in [6.45, 7) is 0. The lowest BCUT2D eigenvalue weighted by atomic mass is 10.0. The maximum Gasteiger partial charge on any atom is 0.166 e. The van der Waals surface area contributed by atoms with Crippen LogP contribution < -0.4 is 0 Å². The molecule has 0 saturated heterocycles. The number of hydrogen-bond donors (Lipinski definition) is 0. The molecule has 10 rings (SSSR count). The molecular weight excluding hydrogens is 669 g/mol. The van der Waals surface area contributed by atoms with Gasteiger partial charge in [-0.1, -0.05) is 176 Å². The molecule has 8 aromatic carbocycles. The maximum absolute atomic E-state index is 8.88. The van der Waals surface area contributed by atoms with Gasteiger partial charge in [0, 0.05) is 27.5 Å². The monoisotopic (exact) mass is 707 g/mol. The lowest BCUT2D eigenvalue weighted by Crippen LogP contribution is -2.04. The number of hydrogen-bond acceptors (Lipinski definition) is 3. The maximum atomic E-state index is 8.88. The Labute approximate surface area is 326 Å². The van der Waals surface area contributed by atoms with E-state index < -0.39 is 18.1 Å². The highest BCUT2D eigenvalue weighted by Gasteiger charge is 2.20. The van der Waals surface area contributed by atoms with Crippen molar-refractivity contribution in [1.29, 1.82) is 0 Å². The van der Waals surface area contributed by atoms with Crippen molar-refractivity contribution in [2.45, 2.75) is 0 Å². The number of fused-ring (bicyclic) bond motifs is 3. The van der Waals surface area contributed by atoms with Crippen LogP contribution in [0.2, 0.25) is 0 Å². The Morgan fingerprint density at radius 3 is 1.49 bits per heavy atom. The Bertz CT molecular complexity index is 3170. The van der Waals surface area contributed by atoms with Crippen LogP contribution in [0.25, 0.3) is 95.0 Å². The van der Waals surface area contributed by atoms with Crippen molar-refractivity contribution in [3.63, 3.8) is 0 Å². The van der Waals surface area contributed by atoms with Crippen molar-refractivity contribution >= 4 is 21.8 Å². The van der Waals surface area contributed by atoms with E-state index in [1.165, 1.54) is 0 Å². The molecule has 10 aromatic rings. The smallest absolute Gasteiger partial charge is 0.166 e. The molecule has 0 N–H and O–H groups in total. The predicted octanol–water partition coefficient (Wildman–Crippen LogP) is 13.0. The number of aromatic nitrogens is 4. The zero-order chi connectivity index (χ0) is 40.9. The van der Waals surface area contributed by atoms with Gasteiger partial charge in [0.05, 0.1) is 23.6 Å². The molecule has 0 bridgehead atoms. The van der Waals surface area contributed by atoms with Crippen LogP contribution in [0.15, 0.2) is 206 Å². The van der Waals surface area contributed by atoms with Crippen molar-refractivity contribution < 1.29 is 6.85 Å². The second-order valence-electron chi connectivity index (χ2n) is 13.3. The first-order valence-electron chi connectivity index (χ1n) is 20.6. The van der Waals surface area contributed by atoms with Gasteiger partial charge in [-0.15, -0.1) is 0 Å². The molecule has 2 heterocycles. The molecule has 258 valence electrons. The number of nitrogens with zero attached hydrogens (tertiary/aromatic N) is 4. The Hall–Kier alpha value is -7.43. The fourth-order valence-electron chi connectivity index (χ4n) is 7.30. The van der Waals surface area contributed by atoms with Gasteiger partial charge in [0.1, 0.15) is 0 Å². The Morgan fingerprint density at radius 1 is 0.345 bits per heavy atom. The normalized spacial score (nSPS) is 12.5. The van der Waals surface area contributed by atoms with Crippen molar-refractivity contribution in [1.82, 2.24) is 19.5 Å². The van der Waals surface area contributed by atoms with Crippen molar-refractivity contribution in [3.05, 3.63) is 206 Å². The van der Waals surface area contributed by atoms with Crippen molar-refractivity contribution in [2.75, 3.05) is 0 Å². The third kappa shape index (κ3) is 6.06. The van der Waals surface area contributed by atoms with E-state index in [-0.39, 0.29) is 17.6 Å². The summed E-state index contributed by atoms with van der Waals surface area (Å²) in [6, 6.07) is 56.9. The van der Waals surface area contributed by atoms with E-state index in [4.69, 9.17) is 21.8 Å². The van der Waals surface area contributed by atoms with Gasteiger partial charge in [-0.25, -0.2) is 15.0 Å². The molecule has 4 heteroatoms. The van der Waals surface area contributed by atoms with Gasteiger partial charge in [-0.05, 0) is 63.7 Å². The summed E-state index contributed by atoms with van der Waals surface area (Å²) in [5.41, 5.74) is 9.69. The van der Waals surface area contributed by atoms with Gasteiger partial charge in [0.25, 0.3) is 0 Å². The number of para-hydroxylation sites is 2. The van der Waals surface area contributed by atoms with Crippen LogP contribution in [0.5, 0.6) is 0 Å². The van der Waals surface area contributed by atoms with E-state index >= 15 is 0 Å². The summed E-state index contributed by atoms with van der Waals surface area (Å²) < 4.78 is 45.1. The topological polar surface area (TPSA) is 43.6 Å². The summed E-state index contributed by atoms with van der Waals surface area (Å²) in [6.07, 6.45) is 0. The van der Waals surface area contributed by atoms with E-state index in [2.05, 4.69) is 77.4 Å². The molecule has 0 saturated carbocycles. The average Bonchev–Trinajstić information content (AvgIpc) is 3.65. The van der Waals surface area contributed by atoms with E-state index in [0.29, 0.717) is 34.3 Å². The summed E-state index contributed by atoms with van der Waals surface area (Å²) >= 11 is 0. The first-order chi connectivity index (χ1) is 29.3. The first-order valence-corrected chi connectivity index (χ1v) is 18.1. The zero-order valence-electron chi connectivity index (χ0n) is 34.5. The summed E-state index contributed by atoms with van der Waals surface area (Å²) in [5, 5.41) is 2.08. The van der Waals surface area contributed by atoms with Crippen LogP contribution in [0, 0.1) is 0 Å². The third-order valence-electron chi connectivity index (χ3n) is 9.96. The van der Waals surface area contributed by atoms with Crippen LogP contribution in [0.3, 0.4) is 0 Å². The molecule has 0 amide bonds. The van der Waals surface area contributed by atoms with Gasteiger partial charge in [0.2, 0.25) is 0 Å². The van der Waals surface area contributed by atoms with Crippen molar-refractivity contribution in [3.8, 4) is 73.2 Å². The minimum absolute atomic E-state index is 0.114. The Kier molecular flexibility index (Phi) is 6.85. The highest BCUT2D eigenvalue weighted by Crippen LogP contribution is 2.38. The molecule has 0 aliphatic rings. The summed E-state index contributed by atoms with van der Waals surface area (Å²) in [5.74, 6) is 1.39. The summed E-state index contributed by atoms with van der Waals surface area (Å²) in [4.78, 5) is 15.5. The fourth-order valence-corrected chi connectivity index (χ4v) is 7.30. The molecule has 4 nitrogen and oxygen atoms in total. The lowest BCUT2D eigenvalue weighted by Gasteiger charge is -2.16. The minimum Gasteiger partial charge on any atom is -0.308 e. The molecule has 2 aromatic heterocycles. The molecule has 0 unspecified atom stereocenters. The zero-order valence-corrected chi connectivity index (χ0v) is 29.5. The number of benzene rings is 8. The average molecular weight is 708 g/mol. The van der Waals surface area contributed by atoms with E-state index in [1.54, 1.807) is 6.07 Å². The SMILES string of the molecule is [2H]c1c([2H])c([2H])c(-c2ccc(-c3nc(-c4ccc(-c5ccccc5)cc4)nc(-c4cccc(-c5ccccc5)c4)n3)c(-n3c4ccccc4c4ccccc43)c2)c([2H])c1[2H]. The van der Waals surface area contributed by atoms with Crippen LogP contribution >= 0.6 is 0 Å². The largest absolute Gasteiger partial charge is 0.308 e. The van der Waals surface area contributed by atoms with Gasteiger partial charge in [0.15, 0.2) is 17.5 Å². The number of rotatable bonds is 7. The van der Waals surface area contributed by atoms with E-state index in [9.17, 15) is 0 Å². The Morgan fingerprint density at radius 2 is 0.818 bits per heavy atom. The first kappa shape index (κ1) is 27.2. The molecule has 0 aliphatic heterocycles. The molecule has 0 radical (unpaired) electrons. The van der Waals surface area contributed by atoms with Gasteiger partial charge < -0.3 is 4.57 Å². The molecule has 0 spiro atoms. The van der Waals surface area contributed by atoms with E-state index in [1.807, 2.05) is 97.1 Å². The molecule has 55 heavy (non-hydrogen) atoms. The standard InChI is InChI=1S/C51H34N4/c1-4-15-35(16-5-1)38-27-29-39(30-28-38)49-52-50(42-22-14-21-40(33-42)36-17-6-2-7-18-36)54-51(53-49)45-32-31-41(37-19-8-3-9-20-37)34-48(45)55-46-25-12-10-23-43(46)44-24-11-13-26-47(44)55/h1-34H/i3D,8D,9D,19D,20D. The predicted molar refractivity (Wildman–Crippen MR) is 227 cm³/mol. The second-order valence-corrected chi connectivity index (χ2v) is 13.3. The van der Waals surface area contributed by atoms with Gasteiger partial charge in [-0.3, -0.25) is 0 Å². The van der Waals surface area contributed by atoms with Crippen LogP contribution in [-0.4, -0.2) is 19.5 Å². The minimum atomic E-state index is -0.439. The molecule has 0 aliphatic carbocycles. The quantitative estimate of drug-likeness (QED) is 0.166. The van der Waals surface area contributed by atoms with Gasteiger partial charge in [-0.2, -0.15) is 0 Å². The third-order valence-corrected chi connectivity index (χ3v) is 9.96. The summed E-state index contributed by atoms with van der Waals surface area (Å²) in [7, 11) is 0. The molecule has 0 atom stereocenters. The Balaban J connectivity index is 1.24. The lowest BCUT2D eigenvalue weighted by molar-refractivity contribution is 1.06. The van der Waals surface area contributed by atoms with Crippen LogP contribution in [0.4, 0.5) is 0 Å².